The molecular weight excluding hydrogens is 521 g/mol. The van der Waals surface area contributed by atoms with E-state index in [1.807, 2.05) is 0 Å². The van der Waals surface area contributed by atoms with Gasteiger partial charge in [0.05, 0.1) is 17.4 Å². The van der Waals surface area contributed by atoms with Crippen molar-refractivity contribution in [2.24, 2.45) is 0 Å². The fourth-order valence-electron chi connectivity index (χ4n) is 3.82. The number of hydrogen-bond donors (Lipinski definition) is 1. The van der Waals surface area contributed by atoms with Crippen LogP contribution in [0.25, 0.3) is 0 Å². The normalized spacial score (nSPS) is 16.5. The Kier molecular flexibility index (Phi) is 7.17. The van der Waals surface area contributed by atoms with E-state index in [1.165, 1.54) is 21.9 Å². The topological polar surface area (TPSA) is 87.2 Å². The quantitative estimate of drug-likeness (QED) is 0.370. The first-order chi connectivity index (χ1) is 16.9. The summed E-state index contributed by atoms with van der Waals surface area (Å²) in [6.45, 7) is -0.258. The molecule has 4 rings (SSSR count). The van der Waals surface area contributed by atoms with Gasteiger partial charge in [0.25, 0.3) is 10.1 Å². The van der Waals surface area contributed by atoms with Crippen LogP contribution >= 0.6 is 11.6 Å². The third kappa shape index (κ3) is 6.10. The molecule has 0 spiro atoms. The summed E-state index contributed by atoms with van der Waals surface area (Å²) in [5.74, 6) is 0.352. The average molecular weight is 541 g/mol. The number of halogens is 4. The molecule has 1 aliphatic heterocycles. The monoisotopic (exact) mass is 540 g/mol. The molecule has 0 aromatic heterocycles. The van der Waals surface area contributed by atoms with E-state index in [0.29, 0.717) is 27.8 Å². The first kappa shape index (κ1) is 25.8. The van der Waals surface area contributed by atoms with Crippen LogP contribution in [0.5, 0.6) is 11.5 Å². The molecular formula is C24H20ClF3N2O5S. The number of amides is 2. The predicted molar refractivity (Wildman–Crippen MR) is 128 cm³/mol. The molecule has 1 aliphatic rings. The highest BCUT2D eigenvalue weighted by Gasteiger charge is 2.40. The zero-order chi connectivity index (χ0) is 26.1. The molecule has 36 heavy (non-hydrogen) atoms. The molecule has 1 saturated heterocycles. The van der Waals surface area contributed by atoms with E-state index >= 15 is 0 Å². The molecule has 0 unspecified atom stereocenters. The van der Waals surface area contributed by atoms with E-state index in [0.717, 1.165) is 12.1 Å². The third-order valence-corrected chi connectivity index (χ3v) is 6.54. The number of carbonyl (C=O) groups is 1. The Morgan fingerprint density at radius 2 is 1.50 bits per heavy atom. The van der Waals surface area contributed by atoms with Crippen molar-refractivity contribution in [3.63, 3.8) is 0 Å². The summed E-state index contributed by atoms with van der Waals surface area (Å²) in [6, 6.07) is 16.4. The van der Waals surface area contributed by atoms with Gasteiger partial charge in [-0.2, -0.15) is 21.6 Å². The second kappa shape index (κ2) is 10.00. The number of anilines is 1. The molecule has 1 heterocycles. The van der Waals surface area contributed by atoms with Gasteiger partial charge in [0.2, 0.25) is 0 Å². The molecule has 1 fully saturated rings. The van der Waals surface area contributed by atoms with Crippen molar-refractivity contribution in [1.82, 2.24) is 4.90 Å². The van der Waals surface area contributed by atoms with Crippen LogP contribution in [0.1, 0.15) is 17.2 Å². The smallest absolute Gasteiger partial charge is 0.416 e. The largest absolute Gasteiger partial charge is 0.457 e. The van der Waals surface area contributed by atoms with Crippen molar-refractivity contribution in [2.75, 3.05) is 23.7 Å². The standard InChI is InChI=1S/C24H20ClF3N2O5S/c25-18-5-9-20(10-6-18)35-21-11-7-19(8-12-21)30-22(15-29(23(30)31)13-14-36(32,33)34)16-1-3-17(4-2-16)24(26,27)28/h1-12,22H,13-15H2,(H,32,33,34)/t22-/m1/s1. The molecule has 190 valence electrons. The fraction of sp³-hybridized carbons (Fsp3) is 0.208. The van der Waals surface area contributed by atoms with Crippen LogP contribution in [-0.2, 0) is 16.3 Å². The number of benzene rings is 3. The lowest BCUT2D eigenvalue weighted by Crippen LogP contribution is -2.35. The zero-order valence-corrected chi connectivity index (χ0v) is 20.1. The maximum Gasteiger partial charge on any atom is 0.416 e. The molecule has 0 bridgehead atoms. The van der Waals surface area contributed by atoms with Gasteiger partial charge in [-0.25, -0.2) is 4.79 Å². The van der Waals surface area contributed by atoms with Crippen molar-refractivity contribution in [3.05, 3.63) is 88.9 Å². The molecule has 1 atom stereocenters. The summed E-state index contributed by atoms with van der Waals surface area (Å²) in [5, 5.41) is 0.554. The van der Waals surface area contributed by atoms with E-state index in [2.05, 4.69) is 0 Å². The minimum atomic E-state index is -4.51. The predicted octanol–water partition coefficient (Wildman–Crippen LogP) is 6.02. The van der Waals surface area contributed by atoms with Gasteiger partial charge in [-0.05, 0) is 66.2 Å². The minimum Gasteiger partial charge on any atom is -0.457 e. The van der Waals surface area contributed by atoms with Gasteiger partial charge in [-0.3, -0.25) is 9.45 Å². The van der Waals surface area contributed by atoms with E-state index < -0.39 is 39.7 Å². The van der Waals surface area contributed by atoms with Gasteiger partial charge in [-0.15, -0.1) is 0 Å². The van der Waals surface area contributed by atoms with Crippen LogP contribution < -0.4 is 9.64 Å². The highest BCUT2D eigenvalue weighted by atomic mass is 35.5. The fourth-order valence-corrected chi connectivity index (χ4v) is 4.40. The Hall–Kier alpha value is -3.28. The summed E-state index contributed by atoms with van der Waals surface area (Å²) in [4.78, 5) is 15.8. The van der Waals surface area contributed by atoms with Crippen LogP contribution in [0, 0.1) is 0 Å². The van der Waals surface area contributed by atoms with Crippen LogP contribution in [0.4, 0.5) is 23.7 Å². The van der Waals surface area contributed by atoms with E-state index in [-0.39, 0.29) is 13.1 Å². The van der Waals surface area contributed by atoms with Crippen molar-refractivity contribution in [2.45, 2.75) is 12.2 Å². The van der Waals surface area contributed by atoms with Gasteiger partial charge >= 0.3 is 12.2 Å². The lowest BCUT2D eigenvalue weighted by molar-refractivity contribution is -0.137. The summed E-state index contributed by atoms with van der Waals surface area (Å²) >= 11 is 5.88. The summed E-state index contributed by atoms with van der Waals surface area (Å²) in [6.07, 6.45) is -4.51. The first-order valence-corrected chi connectivity index (χ1v) is 12.6. The average Bonchev–Trinajstić information content (AvgIpc) is 3.15. The Morgan fingerprint density at radius 1 is 0.944 bits per heavy atom. The molecule has 7 nitrogen and oxygen atoms in total. The van der Waals surface area contributed by atoms with Gasteiger partial charge in [0.1, 0.15) is 11.5 Å². The van der Waals surface area contributed by atoms with Crippen LogP contribution in [0.2, 0.25) is 5.02 Å². The van der Waals surface area contributed by atoms with Crippen molar-refractivity contribution >= 4 is 33.4 Å². The Balaban J connectivity index is 1.61. The zero-order valence-electron chi connectivity index (χ0n) is 18.5. The molecule has 0 radical (unpaired) electrons. The van der Waals surface area contributed by atoms with Gasteiger partial charge in [-0.1, -0.05) is 23.7 Å². The van der Waals surface area contributed by atoms with Gasteiger partial charge < -0.3 is 9.64 Å². The van der Waals surface area contributed by atoms with Crippen molar-refractivity contribution in [1.29, 1.82) is 0 Å². The van der Waals surface area contributed by atoms with Crippen LogP contribution in [0.15, 0.2) is 72.8 Å². The number of rotatable bonds is 7. The molecule has 1 N–H and O–H groups in total. The lowest BCUT2D eigenvalue weighted by atomic mass is 10.0. The summed E-state index contributed by atoms with van der Waals surface area (Å²) < 4.78 is 76.3. The summed E-state index contributed by atoms with van der Waals surface area (Å²) in [5.41, 5.74) is 0.0453. The summed E-state index contributed by atoms with van der Waals surface area (Å²) in [7, 11) is -4.32. The Labute approximate surface area is 210 Å². The number of hydrogen-bond acceptors (Lipinski definition) is 4. The minimum absolute atomic E-state index is 0.0166. The highest BCUT2D eigenvalue weighted by molar-refractivity contribution is 7.85. The number of nitrogens with zero attached hydrogens (tertiary/aromatic N) is 2. The molecule has 12 heteroatoms. The third-order valence-electron chi connectivity index (χ3n) is 5.59. The van der Waals surface area contributed by atoms with E-state index in [9.17, 15) is 26.4 Å². The van der Waals surface area contributed by atoms with Crippen molar-refractivity contribution in [3.8, 4) is 11.5 Å². The Morgan fingerprint density at radius 3 is 2.03 bits per heavy atom. The van der Waals surface area contributed by atoms with Crippen LogP contribution in [0.3, 0.4) is 0 Å². The molecule has 2 amide bonds. The molecule has 3 aromatic carbocycles. The van der Waals surface area contributed by atoms with Gasteiger partial charge in [0.15, 0.2) is 0 Å². The highest BCUT2D eigenvalue weighted by Crippen LogP contribution is 2.37. The number of carbonyl (C=O) groups excluding carboxylic acids is 1. The lowest BCUT2D eigenvalue weighted by Gasteiger charge is -2.24. The molecule has 0 aliphatic carbocycles. The SMILES string of the molecule is O=C1N(CCS(=O)(=O)O)C[C@H](c2ccc(C(F)(F)F)cc2)N1c1ccc(Oc2ccc(Cl)cc2)cc1. The van der Waals surface area contributed by atoms with Crippen molar-refractivity contribution < 1.29 is 35.7 Å². The Bertz CT molecular complexity index is 1330. The van der Waals surface area contributed by atoms with Gasteiger partial charge in [0, 0.05) is 23.8 Å². The maximum absolute atomic E-state index is 13.2. The first-order valence-electron chi connectivity index (χ1n) is 10.6. The second-order valence-corrected chi connectivity index (χ2v) is 10.1. The number of urea groups is 1. The molecule has 3 aromatic rings. The van der Waals surface area contributed by atoms with E-state index in [4.69, 9.17) is 20.9 Å². The van der Waals surface area contributed by atoms with E-state index in [1.54, 1.807) is 48.5 Å². The number of alkyl halides is 3. The second-order valence-electron chi connectivity index (χ2n) is 8.07. The molecule has 0 saturated carbocycles. The van der Waals surface area contributed by atoms with Crippen LogP contribution in [-0.4, -0.2) is 42.7 Å². The maximum atomic E-state index is 13.2. The number of ether oxygens (including phenoxy) is 1.